The molecule has 1 aliphatic heterocycles. The predicted octanol–water partition coefficient (Wildman–Crippen LogP) is 3.05. The van der Waals surface area contributed by atoms with Gasteiger partial charge in [0.2, 0.25) is 0 Å². The third kappa shape index (κ3) is 3.12. The van der Waals surface area contributed by atoms with Crippen LogP contribution in [0, 0.1) is 6.92 Å². The first-order chi connectivity index (χ1) is 8.58. The summed E-state index contributed by atoms with van der Waals surface area (Å²) in [7, 11) is 0. The minimum atomic E-state index is 0.00731. The van der Waals surface area contributed by atoms with E-state index < -0.39 is 0 Å². The van der Waals surface area contributed by atoms with E-state index in [1.165, 1.54) is 0 Å². The molecule has 1 fully saturated rings. The summed E-state index contributed by atoms with van der Waals surface area (Å²) in [6, 6.07) is 5.92. The van der Waals surface area contributed by atoms with Gasteiger partial charge in [-0.15, -0.1) is 0 Å². The topological polar surface area (TPSA) is 38.3 Å². The molecule has 1 aliphatic rings. The van der Waals surface area contributed by atoms with Gasteiger partial charge in [0.15, 0.2) is 0 Å². The van der Waals surface area contributed by atoms with Crippen LogP contribution in [0.2, 0.25) is 0 Å². The van der Waals surface area contributed by atoms with Crippen LogP contribution in [-0.4, -0.2) is 24.7 Å². The van der Waals surface area contributed by atoms with Gasteiger partial charge in [-0.05, 0) is 44.4 Å². The van der Waals surface area contributed by atoms with Gasteiger partial charge in [0, 0.05) is 22.7 Å². The van der Waals surface area contributed by atoms with E-state index in [9.17, 15) is 4.79 Å². The summed E-state index contributed by atoms with van der Waals surface area (Å²) < 4.78 is 6.45. The number of nitrogens with one attached hydrogen (secondary N) is 1. The molecule has 2 atom stereocenters. The molecule has 1 amide bonds. The summed E-state index contributed by atoms with van der Waals surface area (Å²) in [5.74, 6) is 0.00731. The monoisotopic (exact) mass is 311 g/mol. The van der Waals surface area contributed by atoms with Crippen molar-refractivity contribution >= 4 is 21.8 Å². The quantitative estimate of drug-likeness (QED) is 0.911. The predicted molar refractivity (Wildman–Crippen MR) is 74.8 cm³/mol. The Bertz CT molecular complexity index is 447. The molecule has 2 rings (SSSR count). The van der Waals surface area contributed by atoms with E-state index in [-0.39, 0.29) is 18.1 Å². The van der Waals surface area contributed by atoms with Crippen molar-refractivity contribution in [3.8, 4) is 0 Å². The van der Waals surface area contributed by atoms with Crippen LogP contribution < -0.4 is 5.32 Å². The minimum Gasteiger partial charge on any atom is -0.378 e. The molecular weight excluding hydrogens is 294 g/mol. The zero-order chi connectivity index (χ0) is 13.1. The van der Waals surface area contributed by atoms with E-state index in [1.807, 2.05) is 32.0 Å². The van der Waals surface area contributed by atoms with Crippen molar-refractivity contribution in [1.29, 1.82) is 0 Å². The van der Waals surface area contributed by atoms with Crippen molar-refractivity contribution in [1.82, 2.24) is 5.32 Å². The number of hydrogen-bond donors (Lipinski definition) is 1. The SMILES string of the molecule is Cc1c(Br)cccc1C(=O)NC1CCOC(C)C1. The Balaban J connectivity index is 2.05. The molecule has 0 aromatic heterocycles. The molecule has 0 spiro atoms. The highest BCUT2D eigenvalue weighted by Gasteiger charge is 2.22. The molecule has 18 heavy (non-hydrogen) atoms. The average molecular weight is 312 g/mol. The summed E-state index contributed by atoms with van der Waals surface area (Å²) >= 11 is 3.45. The number of carbonyl (C=O) groups is 1. The number of ether oxygens (including phenoxy) is 1. The molecule has 1 aromatic rings. The third-order valence-corrected chi connectivity index (χ3v) is 4.19. The molecule has 1 N–H and O–H groups in total. The lowest BCUT2D eigenvalue weighted by Gasteiger charge is -2.28. The summed E-state index contributed by atoms with van der Waals surface area (Å²) in [6.45, 7) is 4.72. The minimum absolute atomic E-state index is 0.00731. The standard InChI is InChI=1S/C14H18BrNO2/c1-9-8-11(6-7-18-9)16-14(17)12-4-3-5-13(15)10(12)2/h3-5,9,11H,6-8H2,1-2H3,(H,16,17). The van der Waals surface area contributed by atoms with E-state index in [2.05, 4.69) is 21.2 Å². The third-order valence-electron chi connectivity index (χ3n) is 3.33. The Morgan fingerprint density at radius 3 is 3.00 bits per heavy atom. The van der Waals surface area contributed by atoms with Crippen molar-refractivity contribution in [2.24, 2.45) is 0 Å². The highest BCUT2D eigenvalue weighted by Crippen LogP contribution is 2.20. The number of benzene rings is 1. The molecule has 2 unspecified atom stereocenters. The van der Waals surface area contributed by atoms with Gasteiger partial charge in [0.25, 0.3) is 5.91 Å². The van der Waals surface area contributed by atoms with E-state index in [4.69, 9.17) is 4.74 Å². The zero-order valence-electron chi connectivity index (χ0n) is 10.7. The lowest BCUT2D eigenvalue weighted by Crippen LogP contribution is -2.41. The Morgan fingerprint density at radius 2 is 2.28 bits per heavy atom. The first kappa shape index (κ1) is 13.6. The van der Waals surface area contributed by atoms with Gasteiger partial charge in [-0.2, -0.15) is 0 Å². The van der Waals surface area contributed by atoms with Crippen molar-refractivity contribution in [2.45, 2.75) is 38.8 Å². The van der Waals surface area contributed by atoms with Gasteiger partial charge in [0.05, 0.1) is 6.10 Å². The normalized spacial score (nSPS) is 23.7. The smallest absolute Gasteiger partial charge is 0.251 e. The fraction of sp³-hybridized carbons (Fsp3) is 0.500. The molecule has 3 nitrogen and oxygen atoms in total. The van der Waals surface area contributed by atoms with Crippen molar-refractivity contribution < 1.29 is 9.53 Å². The molecular formula is C14H18BrNO2. The lowest BCUT2D eigenvalue weighted by molar-refractivity contribution is 0.0136. The second-order valence-electron chi connectivity index (χ2n) is 4.79. The van der Waals surface area contributed by atoms with E-state index in [0.717, 1.165) is 35.0 Å². The maximum absolute atomic E-state index is 12.2. The molecule has 1 aromatic carbocycles. The second kappa shape index (κ2) is 5.85. The summed E-state index contributed by atoms with van der Waals surface area (Å²) in [5.41, 5.74) is 1.72. The number of amides is 1. The number of rotatable bonds is 2. The molecule has 1 saturated heterocycles. The van der Waals surface area contributed by atoms with Crippen molar-refractivity contribution in [2.75, 3.05) is 6.61 Å². The summed E-state index contributed by atoms with van der Waals surface area (Å²) in [5, 5.41) is 3.09. The zero-order valence-corrected chi connectivity index (χ0v) is 12.3. The van der Waals surface area contributed by atoms with Crippen LogP contribution in [0.3, 0.4) is 0 Å². The maximum Gasteiger partial charge on any atom is 0.251 e. The molecule has 0 saturated carbocycles. The number of hydrogen-bond acceptors (Lipinski definition) is 2. The molecule has 4 heteroatoms. The molecule has 0 radical (unpaired) electrons. The van der Waals surface area contributed by atoms with Gasteiger partial charge >= 0.3 is 0 Å². The fourth-order valence-electron chi connectivity index (χ4n) is 2.25. The summed E-state index contributed by atoms with van der Waals surface area (Å²) in [6.07, 6.45) is 2.01. The van der Waals surface area contributed by atoms with Gasteiger partial charge in [0.1, 0.15) is 0 Å². The van der Waals surface area contributed by atoms with Crippen LogP contribution >= 0.6 is 15.9 Å². The van der Waals surface area contributed by atoms with Crippen molar-refractivity contribution in [3.05, 3.63) is 33.8 Å². The van der Waals surface area contributed by atoms with Crippen LogP contribution in [0.1, 0.15) is 35.7 Å². The van der Waals surface area contributed by atoms with Crippen LogP contribution in [0.5, 0.6) is 0 Å². The van der Waals surface area contributed by atoms with Gasteiger partial charge in [-0.3, -0.25) is 4.79 Å². The number of halogens is 1. The summed E-state index contributed by atoms with van der Waals surface area (Å²) in [4.78, 5) is 12.2. The van der Waals surface area contributed by atoms with Gasteiger partial charge in [-0.25, -0.2) is 0 Å². The van der Waals surface area contributed by atoms with Gasteiger partial charge in [-0.1, -0.05) is 22.0 Å². The van der Waals surface area contributed by atoms with Gasteiger partial charge < -0.3 is 10.1 Å². The van der Waals surface area contributed by atoms with Crippen LogP contribution in [0.4, 0.5) is 0 Å². The van der Waals surface area contributed by atoms with Crippen molar-refractivity contribution in [3.63, 3.8) is 0 Å². The highest BCUT2D eigenvalue weighted by molar-refractivity contribution is 9.10. The Kier molecular flexibility index (Phi) is 4.40. The van der Waals surface area contributed by atoms with E-state index in [0.29, 0.717) is 0 Å². The molecule has 0 aliphatic carbocycles. The molecule has 1 heterocycles. The average Bonchev–Trinajstić information content (AvgIpc) is 2.32. The second-order valence-corrected chi connectivity index (χ2v) is 5.64. The van der Waals surface area contributed by atoms with E-state index in [1.54, 1.807) is 0 Å². The first-order valence-corrected chi connectivity index (χ1v) is 7.05. The highest BCUT2D eigenvalue weighted by atomic mass is 79.9. The Hall–Kier alpha value is -0.870. The molecule has 98 valence electrons. The van der Waals surface area contributed by atoms with Crippen LogP contribution in [0.25, 0.3) is 0 Å². The van der Waals surface area contributed by atoms with Crippen LogP contribution in [0.15, 0.2) is 22.7 Å². The largest absolute Gasteiger partial charge is 0.378 e. The van der Waals surface area contributed by atoms with Crippen LogP contribution in [-0.2, 0) is 4.74 Å². The fourth-order valence-corrected chi connectivity index (χ4v) is 2.61. The molecule has 0 bridgehead atoms. The number of carbonyl (C=O) groups excluding carboxylic acids is 1. The first-order valence-electron chi connectivity index (χ1n) is 6.25. The maximum atomic E-state index is 12.2. The van der Waals surface area contributed by atoms with E-state index >= 15 is 0 Å². The Morgan fingerprint density at radius 1 is 1.50 bits per heavy atom. The Labute approximate surface area is 116 Å². The lowest BCUT2D eigenvalue weighted by atomic mass is 10.0.